The largest absolute Gasteiger partial charge is 0.444 e. The number of rotatable bonds is 3. The van der Waals surface area contributed by atoms with Crippen LogP contribution in [0, 0.1) is 5.82 Å². The number of hydrogen-bond acceptors (Lipinski definition) is 3. The Kier molecular flexibility index (Phi) is 5.89. The summed E-state index contributed by atoms with van der Waals surface area (Å²) in [4.78, 5) is 11.8. The highest BCUT2D eigenvalue weighted by Crippen LogP contribution is 2.25. The standard InChI is InChI=1S/C17H24BrFN2O2/c1-17(2,3)23-16(22)21-12-6-4-11(5-7-12)20-13-8-9-15(19)14(18)10-13/h8-12,20H,4-7H2,1-3H3,(H,21,22). The van der Waals surface area contributed by atoms with Crippen molar-refractivity contribution in [3.05, 3.63) is 28.5 Å². The number of carbonyl (C=O) groups is 1. The van der Waals surface area contributed by atoms with E-state index < -0.39 is 5.60 Å². The van der Waals surface area contributed by atoms with Gasteiger partial charge in [-0.3, -0.25) is 0 Å². The van der Waals surface area contributed by atoms with E-state index in [-0.39, 0.29) is 18.0 Å². The fraction of sp³-hybridized carbons (Fsp3) is 0.588. The maximum atomic E-state index is 13.2. The van der Waals surface area contributed by atoms with Crippen molar-refractivity contribution in [2.24, 2.45) is 0 Å². The van der Waals surface area contributed by atoms with Crippen LogP contribution >= 0.6 is 15.9 Å². The SMILES string of the molecule is CC(C)(C)OC(=O)NC1CCC(Nc2ccc(F)c(Br)c2)CC1. The van der Waals surface area contributed by atoms with E-state index in [1.807, 2.05) is 20.8 Å². The molecule has 1 aromatic rings. The second-order valence-electron chi connectivity index (χ2n) is 6.97. The summed E-state index contributed by atoms with van der Waals surface area (Å²) in [5, 5.41) is 6.35. The smallest absolute Gasteiger partial charge is 0.407 e. The number of benzene rings is 1. The number of amides is 1. The van der Waals surface area contributed by atoms with Crippen molar-refractivity contribution < 1.29 is 13.9 Å². The highest BCUT2D eigenvalue weighted by molar-refractivity contribution is 9.10. The first-order valence-electron chi connectivity index (χ1n) is 7.94. The molecule has 4 nitrogen and oxygen atoms in total. The number of alkyl carbamates (subject to hydrolysis) is 1. The van der Waals surface area contributed by atoms with Crippen molar-refractivity contribution >= 4 is 27.7 Å². The zero-order chi connectivity index (χ0) is 17.0. The van der Waals surface area contributed by atoms with E-state index in [4.69, 9.17) is 4.74 Å². The Bertz CT molecular complexity index is 552. The van der Waals surface area contributed by atoms with E-state index in [1.54, 1.807) is 12.1 Å². The molecule has 23 heavy (non-hydrogen) atoms. The minimum Gasteiger partial charge on any atom is -0.444 e. The van der Waals surface area contributed by atoms with Gasteiger partial charge in [0, 0.05) is 17.8 Å². The van der Waals surface area contributed by atoms with E-state index >= 15 is 0 Å². The van der Waals surface area contributed by atoms with Crippen LogP contribution < -0.4 is 10.6 Å². The monoisotopic (exact) mass is 386 g/mol. The normalized spacial score (nSPS) is 21.6. The Hall–Kier alpha value is -1.30. The van der Waals surface area contributed by atoms with Crippen molar-refractivity contribution in [1.29, 1.82) is 0 Å². The molecule has 0 aliphatic heterocycles. The lowest BCUT2D eigenvalue weighted by atomic mass is 9.91. The summed E-state index contributed by atoms with van der Waals surface area (Å²) in [5.74, 6) is -0.263. The lowest BCUT2D eigenvalue weighted by Gasteiger charge is -2.31. The van der Waals surface area contributed by atoms with Crippen LogP contribution in [-0.4, -0.2) is 23.8 Å². The molecule has 1 aliphatic carbocycles. The van der Waals surface area contributed by atoms with Gasteiger partial charge in [-0.05, 0) is 80.6 Å². The minimum atomic E-state index is -0.473. The third kappa shape index (κ3) is 6.01. The van der Waals surface area contributed by atoms with Gasteiger partial charge in [-0.15, -0.1) is 0 Å². The van der Waals surface area contributed by atoms with Gasteiger partial charge in [-0.2, -0.15) is 0 Å². The topological polar surface area (TPSA) is 50.4 Å². The predicted molar refractivity (Wildman–Crippen MR) is 93.1 cm³/mol. The second kappa shape index (κ2) is 7.51. The van der Waals surface area contributed by atoms with Crippen molar-refractivity contribution in [3.63, 3.8) is 0 Å². The highest BCUT2D eigenvalue weighted by Gasteiger charge is 2.24. The molecule has 1 aromatic carbocycles. The third-order valence-electron chi connectivity index (χ3n) is 3.74. The summed E-state index contributed by atoms with van der Waals surface area (Å²) in [7, 11) is 0. The molecule has 0 bridgehead atoms. The summed E-state index contributed by atoms with van der Waals surface area (Å²) in [6, 6.07) is 5.43. The Morgan fingerprint density at radius 2 is 1.83 bits per heavy atom. The first-order valence-corrected chi connectivity index (χ1v) is 8.73. The summed E-state index contributed by atoms with van der Waals surface area (Å²) < 4.78 is 19.0. The van der Waals surface area contributed by atoms with Crippen LogP contribution in [-0.2, 0) is 4.74 Å². The van der Waals surface area contributed by atoms with Crippen LogP contribution in [0.5, 0.6) is 0 Å². The molecule has 1 saturated carbocycles. The van der Waals surface area contributed by atoms with Gasteiger partial charge in [-0.1, -0.05) is 0 Å². The van der Waals surface area contributed by atoms with Gasteiger partial charge in [0.05, 0.1) is 4.47 Å². The van der Waals surface area contributed by atoms with Crippen LogP contribution in [0.25, 0.3) is 0 Å². The van der Waals surface area contributed by atoms with E-state index in [9.17, 15) is 9.18 Å². The quantitative estimate of drug-likeness (QED) is 0.781. The van der Waals surface area contributed by atoms with Crippen molar-refractivity contribution in [2.75, 3.05) is 5.32 Å². The maximum Gasteiger partial charge on any atom is 0.407 e. The maximum absolute atomic E-state index is 13.2. The third-order valence-corrected chi connectivity index (χ3v) is 4.35. The minimum absolute atomic E-state index is 0.155. The van der Waals surface area contributed by atoms with Crippen LogP contribution in [0.15, 0.2) is 22.7 Å². The molecule has 0 saturated heterocycles. The van der Waals surface area contributed by atoms with Gasteiger partial charge < -0.3 is 15.4 Å². The molecule has 0 heterocycles. The highest BCUT2D eigenvalue weighted by atomic mass is 79.9. The zero-order valence-electron chi connectivity index (χ0n) is 13.8. The summed E-state index contributed by atoms with van der Waals surface area (Å²) in [6.07, 6.45) is 3.36. The lowest BCUT2D eigenvalue weighted by Crippen LogP contribution is -2.42. The van der Waals surface area contributed by atoms with E-state index in [2.05, 4.69) is 26.6 Å². The van der Waals surface area contributed by atoms with E-state index in [0.717, 1.165) is 31.4 Å². The molecule has 1 aliphatic rings. The average molecular weight is 387 g/mol. The fourth-order valence-corrected chi connectivity index (χ4v) is 3.06. The Morgan fingerprint density at radius 3 is 2.39 bits per heavy atom. The molecular weight excluding hydrogens is 363 g/mol. The van der Waals surface area contributed by atoms with Crippen LogP contribution in [0.3, 0.4) is 0 Å². The number of carbonyl (C=O) groups excluding carboxylic acids is 1. The predicted octanol–water partition coefficient (Wildman–Crippen LogP) is 4.84. The number of ether oxygens (including phenoxy) is 1. The van der Waals surface area contributed by atoms with Crippen LogP contribution in [0.4, 0.5) is 14.9 Å². The average Bonchev–Trinajstić information content (AvgIpc) is 2.43. The summed E-state index contributed by atoms with van der Waals surface area (Å²) in [6.45, 7) is 5.57. The van der Waals surface area contributed by atoms with Crippen molar-refractivity contribution in [2.45, 2.75) is 64.1 Å². The summed E-state index contributed by atoms with van der Waals surface area (Å²) >= 11 is 3.20. The van der Waals surface area contributed by atoms with E-state index in [1.165, 1.54) is 6.07 Å². The number of hydrogen-bond donors (Lipinski definition) is 2. The molecule has 0 radical (unpaired) electrons. The number of nitrogens with one attached hydrogen (secondary N) is 2. The molecule has 2 N–H and O–H groups in total. The second-order valence-corrected chi connectivity index (χ2v) is 7.82. The molecule has 1 amide bonds. The number of halogens is 2. The van der Waals surface area contributed by atoms with Gasteiger partial charge in [-0.25, -0.2) is 9.18 Å². The molecule has 0 spiro atoms. The molecule has 128 valence electrons. The zero-order valence-corrected chi connectivity index (χ0v) is 15.4. The van der Waals surface area contributed by atoms with Gasteiger partial charge >= 0.3 is 6.09 Å². The fourth-order valence-electron chi connectivity index (χ4n) is 2.68. The molecule has 0 atom stereocenters. The molecule has 1 fully saturated rings. The van der Waals surface area contributed by atoms with Crippen LogP contribution in [0.1, 0.15) is 46.5 Å². The Balaban J connectivity index is 1.77. The Morgan fingerprint density at radius 1 is 1.22 bits per heavy atom. The molecule has 2 rings (SSSR count). The lowest BCUT2D eigenvalue weighted by molar-refractivity contribution is 0.0492. The van der Waals surface area contributed by atoms with Crippen molar-refractivity contribution in [1.82, 2.24) is 5.32 Å². The van der Waals surface area contributed by atoms with Crippen LogP contribution in [0.2, 0.25) is 0 Å². The van der Waals surface area contributed by atoms with E-state index in [0.29, 0.717) is 10.5 Å². The number of anilines is 1. The molecular formula is C17H24BrFN2O2. The summed E-state index contributed by atoms with van der Waals surface area (Å²) in [5.41, 5.74) is 0.431. The van der Waals surface area contributed by atoms with Gasteiger partial charge in [0.25, 0.3) is 0 Å². The van der Waals surface area contributed by atoms with Gasteiger partial charge in [0.2, 0.25) is 0 Å². The van der Waals surface area contributed by atoms with Gasteiger partial charge in [0.1, 0.15) is 11.4 Å². The molecule has 0 unspecified atom stereocenters. The first kappa shape index (κ1) is 18.0. The Labute approximate surface area is 145 Å². The van der Waals surface area contributed by atoms with Gasteiger partial charge in [0.15, 0.2) is 0 Å². The van der Waals surface area contributed by atoms with Crippen molar-refractivity contribution in [3.8, 4) is 0 Å². The molecule has 6 heteroatoms. The molecule has 0 aromatic heterocycles. The first-order chi connectivity index (χ1) is 10.7.